The fraction of sp³-hybridized carbons (Fsp3) is 0.286. The molecule has 1 atom stereocenters. The summed E-state index contributed by atoms with van der Waals surface area (Å²) in [6, 6.07) is 12.5. The number of carbonyl (C=O) groups is 3. The van der Waals surface area contributed by atoms with E-state index in [1.165, 1.54) is 6.92 Å². The predicted molar refractivity (Wildman–Crippen MR) is 98.5 cm³/mol. The first kappa shape index (κ1) is 17.9. The van der Waals surface area contributed by atoms with E-state index in [0.29, 0.717) is 5.56 Å². The lowest BCUT2D eigenvalue weighted by Crippen LogP contribution is -2.27. The zero-order valence-electron chi connectivity index (χ0n) is 15.1. The van der Waals surface area contributed by atoms with Crippen LogP contribution in [0.15, 0.2) is 42.5 Å². The number of benzene rings is 2. The van der Waals surface area contributed by atoms with Gasteiger partial charge in [-0.25, -0.2) is 0 Å². The number of anilines is 1. The maximum absolute atomic E-state index is 12.5. The Balaban J connectivity index is 1.76. The van der Waals surface area contributed by atoms with E-state index in [2.05, 4.69) is 0 Å². The fourth-order valence-electron chi connectivity index (χ4n) is 3.26. The highest BCUT2D eigenvalue weighted by molar-refractivity contribution is 6.01. The monoisotopic (exact) mass is 351 g/mol. The largest absolute Gasteiger partial charge is 0.425 e. The van der Waals surface area contributed by atoms with E-state index < -0.39 is 11.9 Å². The van der Waals surface area contributed by atoms with E-state index in [-0.39, 0.29) is 30.4 Å². The molecule has 1 saturated heterocycles. The molecule has 1 amide bonds. The Labute approximate surface area is 152 Å². The molecule has 1 fully saturated rings. The van der Waals surface area contributed by atoms with Crippen molar-refractivity contribution in [2.75, 3.05) is 11.4 Å². The van der Waals surface area contributed by atoms with Gasteiger partial charge in [-0.1, -0.05) is 18.2 Å². The molecular weight excluding hydrogens is 330 g/mol. The summed E-state index contributed by atoms with van der Waals surface area (Å²) in [7, 11) is 0. The summed E-state index contributed by atoms with van der Waals surface area (Å²) in [6.07, 6.45) is 0.105. The van der Waals surface area contributed by atoms with Crippen LogP contribution in [0.2, 0.25) is 0 Å². The van der Waals surface area contributed by atoms with E-state index in [9.17, 15) is 14.4 Å². The highest BCUT2D eigenvalue weighted by atomic mass is 16.5. The first-order valence-corrected chi connectivity index (χ1v) is 8.55. The van der Waals surface area contributed by atoms with Gasteiger partial charge in [0.2, 0.25) is 5.91 Å². The predicted octanol–water partition coefficient (Wildman–Crippen LogP) is 3.46. The molecule has 0 bridgehead atoms. The molecule has 0 radical (unpaired) electrons. The molecule has 134 valence electrons. The quantitative estimate of drug-likeness (QED) is 0.481. The van der Waals surface area contributed by atoms with Crippen LogP contribution < -0.4 is 9.64 Å². The summed E-state index contributed by atoms with van der Waals surface area (Å²) in [6.45, 7) is 5.65. The van der Waals surface area contributed by atoms with Crippen LogP contribution in [0.5, 0.6) is 5.75 Å². The molecule has 3 rings (SSSR count). The standard InChI is InChI=1S/C21H21NO4/c1-13-8-14(2)10-17(9-13)22-12-16(11-20(22)24)21(25)26-19-7-5-4-6-18(19)15(3)23/h4-10,16H,11-12H2,1-3H3/t16-/m0/s1. The van der Waals surface area contributed by atoms with E-state index in [1.54, 1.807) is 29.2 Å². The van der Waals surface area contributed by atoms with Crippen LogP contribution in [0, 0.1) is 19.8 Å². The molecule has 0 aromatic heterocycles. The van der Waals surface area contributed by atoms with Crippen LogP contribution >= 0.6 is 0 Å². The summed E-state index contributed by atoms with van der Waals surface area (Å²) in [5.74, 6) is -1.07. The first-order valence-electron chi connectivity index (χ1n) is 8.55. The molecule has 2 aromatic carbocycles. The van der Waals surface area contributed by atoms with Gasteiger partial charge in [0.15, 0.2) is 5.78 Å². The van der Waals surface area contributed by atoms with Crippen molar-refractivity contribution in [1.29, 1.82) is 0 Å². The molecular formula is C21H21NO4. The van der Waals surface area contributed by atoms with Crippen molar-refractivity contribution in [1.82, 2.24) is 0 Å². The Bertz CT molecular complexity index is 867. The second-order valence-corrected chi connectivity index (χ2v) is 6.72. The van der Waals surface area contributed by atoms with Crippen LogP contribution in [0.3, 0.4) is 0 Å². The summed E-state index contributed by atoms with van der Waals surface area (Å²) in [4.78, 5) is 38.2. The van der Waals surface area contributed by atoms with Crippen LogP contribution in [0.25, 0.3) is 0 Å². The van der Waals surface area contributed by atoms with Gasteiger partial charge in [0.1, 0.15) is 5.75 Å². The van der Waals surface area contributed by atoms with Crippen molar-refractivity contribution in [2.24, 2.45) is 5.92 Å². The van der Waals surface area contributed by atoms with Crippen LogP contribution in [0.1, 0.15) is 34.8 Å². The van der Waals surface area contributed by atoms with Gasteiger partial charge in [-0.2, -0.15) is 0 Å². The van der Waals surface area contributed by atoms with Gasteiger partial charge in [0.25, 0.3) is 0 Å². The van der Waals surface area contributed by atoms with E-state index >= 15 is 0 Å². The average Bonchev–Trinajstić information content (AvgIpc) is 2.96. The van der Waals surface area contributed by atoms with Gasteiger partial charge in [-0.3, -0.25) is 14.4 Å². The number of nitrogens with zero attached hydrogens (tertiary/aromatic N) is 1. The number of esters is 1. The Hall–Kier alpha value is -2.95. The van der Waals surface area contributed by atoms with Crippen molar-refractivity contribution in [2.45, 2.75) is 27.2 Å². The van der Waals surface area contributed by atoms with Gasteiger partial charge < -0.3 is 9.64 Å². The molecule has 0 aliphatic carbocycles. The minimum Gasteiger partial charge on any atom is -0.425 e. The number of para-hydroxylation sites is 1. The molecule has 26 heavy (non-hydrogen) atoms. The lowest BCUT2D eigenvalue weighted by atomic mass is 10.1. The normalized spacial score (nSPS) is 16.7. The lowest BCUT2D eigenvalue weighted by molar-refractivity contribution is -0.139. The van der Waals surface area contributed by atoms with E-state index in [1.807, 2.05) is 32.0 Å². The average molecular weight is 351 g/mol. The summed E-state index contributed by atoms with van der Waals surface area (Å²) in [5.41, 5.74) is 3.28. The van der Waals surface area contributed by atoms with Crippen LogP contribution in [0.4, 0.5) is 5.69 Å². The Morgan fingerprint density at radius 1 is 1.08 bits per heavy atom. The molecule has 0 saturated carbocycles. The highest BCUT2D eigenvalue weighted by Crippen LogP contribution is 2.28. The summed E-state index contributed by atoms with van der Waals surface area (Å²) < 4.78 is 5.43. The van der Waals surface area contributed by atoms with Crippen molar-refractivity contribution < 1.29 is 19.1 Å². The van der Waals surface area contributed by atoms with Crippen molar-refractivity contribution in [3.05, 3.63) is 59.2 Å². The Kier molecular flexibility index (Phi) is 4.89. The number of aryl methyl sites for hydroxylation is 2. The van der Waals surface area contributed by atoms with Gasteiger partial charge in [-0.15, -0.1) is 0 Å². The molecule has 0 N–H and O–H groups in total. The lowest BCUT2D eigenvalue weighted by Gasteiger charge is -2.18. The fourth-order valence-corrected chi connectivity index (χ4v) is 3.26. The zero-order chi connectivity index (χ0) is 18.8. The smallest absolute Gasteiger partial charge is 0.316 e. The first-order chi connectivity index (χ1) is 12.3. The maximum atomic E-state index is 12.5. The van der Waals surface area contributed by atoms with Crippen molar-refractivity contribution >= 4 is 23.3 Å². The molecule has 1 aliphatic rings. The van der Waals surface area contributed by atoms with Gasteiger partial charge >= 0.3 is 5.97 Å². The molecule has 1 aliphatic heterocycles. The highest BCUT2D eigenvalue weighted by Gasteiger charge is 2.36. The number of ether oxygens (including phenoxy) is 1. The van der Waals surface area contributed by atoms with E-state index in [4.69, 9.17) is 4.74 Å². The summed E-state index contributed by atoms with van der Waals surface area (Å²) >= 11 is 0. The van der Waals surface area contributed by atoms with Gasteiger partial charge in [0, 0.05) is 18.7 Å². The molecule has 2 aromatic rings. The second kappa shape index (κ2) is 7.12. The molecule has 0 unspecified atom stereocenters. The number of hydrogen-bond acceptors (Lipinski definition) is 4. The Morgan fingerprint density at radius 2 is 1.73 bits per heavy atom. The number of carbonyl (C=O) groups excluding carboxylic acids is 3. The summed E-state index contributed by atoms with van der Waals surface area (Å²) in [5, 5.41) is 0. The molecule has 5 nitrogen and oxygen atoms in total. The third kappa shape index (κ3) is 3.67. The molecule has 5 heteroatoms. The van der Waals surface area contributed by atoms with Gasteiger partial charge in [0.05, 0.1) is 11.5 Å². The minimum absolute atomic E-state index is 0.100. The molecule has 1 heterocycles. The number of hydrogen-bond donors (Lipinski definition) is 0. The topological polar surface area (TPSA) is 63.7 Å². The van der Waals surface area contributed by atoms with Crippen LogP contribution in [-0.2, 0) is 9.59 Å². The van der Waals surface area contributed by atoms with Crippen molar-refractivity contribution in [3.63, 3.8) is 0 Å². The number of Topliss-reactive ketones (excluding diaryl/α,β-unsaturated/α-hetero) is 1. The number of ketones is 1. The van der Waals surface area contributed by atoms with E-state index in [0.717, 1.165) is 16.8 Å². The maximum Gasteiger partial charge on any atom is 0.316 e. The third-order valence-corrected chi connectivity index (χ3v) is 4.45. The number of rotatable bonds is 4. The molecule has 0 spiro atoms. The zero-order valence-corrected chi connectivity index (χ0v) is 15.1. The SMILES string of the molecule is CC(=O)c1ccccc1OC(=O)[C@H]1CC(=O)N(c2cc(C)cc(C)c2)C1. The Morgan fingerprint density at radius 3 is 2.38 bits per heavy atom. The van der Waals surface area contributed by atoms with Crippen molar-refractivity contribution in [3.8, 4) is 5.75 Å². The van der Waals surface area contributed by atoms with Crippen LogP contribution in [-0.4, -0.2) is 24.2 Å². The minimum atomic E-state index is -0.552. The van der Waals surface area contributed by atoms with Gasteiger partial charge in [-0.05, 0) is 56.2 Å². The number of amides is 1. The second-order valence-electron chi connectivity index (χ2n) is 6.72. The third-order valence-electron chi connectivity index (χ3n) is 4.45.